The Bertz CT molecular complexity index is 684. The molecule has 0 aliphatic rings. The number of rotatable bonds is 3. The Balaban J connectivity index is 2.35. The summed E-state index contributed by atoms with van der Waals surface area (Å²) in [6, 6.07) is 8.21. The van der Waals surface area contributed by atoms with Crippen molar-refractivity contribution in [1.29, 1.82) is 0 Å². The molecule has 0 heterocycles. The van der Waals surface area contributed by atoms with Gasteiger partial charge in [0.25, 0.3) is 5.91 Å². The van der Waals surface area contributed by atoms with Crippen molar-refractivity contribution in [1.82, 2.24) is 0 Å². The maximum atomic E-state index is 12.3. The minimum absolute atomic E-state index is 0.252. The molecule has 0 aromatic heterocycles. The minimum atomic E-state index is -0.419. The van der Waals surface area contributed by atoms with Gasteiger partial charge in [0.05, 0.1) is 34.1 Å². The van der Waals surface area contributed by atoms with Crippen molar-refractivity contribution in [3.63, 3.8) is 0 Å². The van der Waals surface area contributed by atoms with E-state index in [0.717, 1.165) is 4.47 Å². The predicted octanol–water partition coefficient (Wildman–Crippen LogP) is 4.60. The Labute approximate surface area is 140 Å². The molecule has 0 spiro atoms. The van der Waals surface area contributed by atoms with Crippen LogP contribution in [0.4, 0.5) is 11.4 Å². The highest BCUT2D eigenvalue weighted by molar-refractivity contribution is 9.10. The highest BCUT2D eigenvalue weighted by Crippen LogP contribution is 2.34. The van der Waals surface area contributed by atoms with Crippen molar-refractivity contribution in [3.05, 3.63) is 50.4 Å². The normalized spacial score (nSPS) is 10.3. The second-order valence-corrected chi connectivity index (χ2v) is 5.85. The van der Waals surface area contributed by atoms with E-state index in [9.17, 15) is 4.79 Å². The minimum Gasteiger partial charge on any atom is -0.495 e. The van der Waals surface area contributed by atoms with E-state index in [-0.39, 0.29) is 11.3 Å². The number of benzene rings is 2. The lowest BCUT2D eigenvalue weighted by Gasteiger charge is -2.12. The van der Waals surface area contributed by atoms with E-state index in [1.165, 1.54) is 7.11 Å². The number of hydrogen-bond donors (Lipinski definition) is 2. The molecule has 0 aliphatic heterocycles. The lowest BCUT2D eigenvalue weighted by atomic mass is 10.1. The maximum absolute atomic E-state index is 12.3. The summed E-state index contributed by atoms with van der Waals surface area (Å²) in [6.07, 6.45) is 0. The summed E-state index contributed by atoms with van der Waals surface area (Å²) in [5.41, 5.74) is 6.75. The molecule has 2 aromatic rings. The molecule has 0 saturated carbocycles. The Morgan fingerprint density at radius 1 is 1.29 bits per heavy atom. The monoisotopic (exact) mass is 388 g/mol. The van der Waals surface area contributed by atoms with Crippen LogP contribution in [0.2, 0.25) is 10.0 Å². The number of halogens is 3. The quantitative estimate of drug-likeness (QED) is 0.754. The van der Waals surface area contributed by atoms with Crippen LogP contribution in [0.15, 0.2) is 34.8 Å². The molecule has 2 rings (SSSR count). The fourth-order valence-electron chi connectivity index (χ4n) is 1.76. The summed E-state index contributed by atoms with van der Waals surface area (Å²) in [4.78, 5) is 12.3. The van der Waals surface area contributed by atoms with Crippen LogP contribution >= 0.6 is 39.1 Å². The molecule has 0 unspecified atom stereocenters. The molecule has 7 heteroatoms. The number of carbonyl (C=O) groups excluding carboxylic acids is 1. The van der Waals surface area contributed by atoms with E-state index < -0.39 is 5.91 Å². The number of hydrogen-bond acceptors (Lipinski definition) is 3. The highest BCUT2D eigenvalue weighted by Gasteiger charge is 2.16. The number of nitrogen functional groups attached to an aromatic ring is 1. The van der Waals surface area contributed by atoms with Gasteiger partial charge in [0.2, 0.25) is 0 Å². The van der Waals surface area contributed by atoms with E-state index in [1.807, 2.05) is 0 Å². The Morgan fingerprint density at radius 2 is 1.90 bits per heavy atom. The molecule has 3 N–H and O–H groups in total. The lowest BCUT2D eigenvalue weighted by molar-refractivity contribution is 0.102. The molecule has 0 bridgehead atoms. The van der Waals surface area contributed by atoms with Crippen LogP contribution in [-0.4, -0.2) is 13.0 Å². The van der Waals surface area contributed by atoms with E-state index in [2.05, 4.69) is 21.2 Å². The molecule has 4 nitrogen and oxygen atoms in total. The van der Waals surface area contributed by atoms with E-state index in [0.29, 0.717) is 21.5 Å². The van der Waals surface area contributed by atoms with Crippen molar-refractivity contribution in [3.8, 4) is 5.75 Å². The topological polar surface area (TPSA) is 64.3 Å². The van der Waals surface area contributed by atoms with Gasteiger partial charge in [0, 0.05) is 4.47 Å². The first kappa shape index (κ1) is 15.9. The fraction of sp³-hybridized carbons (Fsp3) is 0.0714. The Kier molecular flexibility index (Phi) is 4.98. The van der Waals surface area contributed by atoms with Crippen molar-refractivity contribution >= 4 is 56.4 Å². The first-order valence-corrected chi connectivity index (χ1v) is 7.37. The summed E-state index contributed by atoms with van der Waals surface area (Å²) < 4.78 is 5.80. The third-order valence-corrected chi connectivity index (χ3v) is 3.83. The molecular formula is C14H11BrCl2N2O2. The number of nitrogens with one attached hydrogen (secondary N) is 1. The molecular weight excluding hydrogens is 379 g/mol. The van der Waals surface area contributed by atoms with Gasteiger partial charge in [-0.3, -0.25) is 4.79 Å². The van der Waals surface area contributed by atoms with Crippen LogP contribution in [-0.2, 0) is 0 Å². The average Bonchev–Trinajstić information content (AvgIpc) is 2.42. The number of methoxy groups -OCH3 is 1. The van der Waals surface area contributed by atoms with Crippen molar-refractivity contribution in [2.45, 2.75) is 0 Å². The molecule has 0 atom stereocenters. The van der Waals surface area contributed by atoms with Gasteiger partial charge in [-0.05, 0) is 24.3 Å². The van der Waals surface area contributed by atoms with E-state index >= 15 is 0 Å². The number of anilines is 2. The SMILES string of the molecule is COc1cccc(C(=O)Nc2c(Cl)cc(Br)cc2Cl)c1N. The molecule has 1 amide bonds. The zero-order chi connectivity index (χ0) is 15.6. The number of nitrogens with two attached hydrogens (primary N) is 1. The number of carbonyl (C=O) groups is 1. The van der Waals surface area contributed by atoms with Gasteiger partial charge in [-0.1, -0.05) is 45.2 Å². The lowest BCUT2D eigenvalue weighted by Crippen LogP contribution is -2.15. The molecule has 2 aromatic carbocycles. The summed E-state index contributed by atoms with van der Waals surface area (Å²) >= 11 is 15.4. The second kappa shape index (κ2) is 6.56. The van der Waals surface area contributed by atoms with Crippen LogP contribution in [0.25, 0.3) is 0 Å². The van der Waals surface area contributed by atoms with Gasteiger partial charge >= 0.3 is 0 Å². The summed E-state index contributed by atoms with van der Waals surface area (Å²) in [6.45, 7) is 0. The molecule has 110 valence electrons. The maximum Gasteiger partial charge on any atom is 0.257 e. The fourth-order valence-corrected chi connectivity index (χ4v) is 3.07. The van der Waals surface area contributed by atoms with Crippen molar-refractivity contribution in [2.24, 2.45) is 0 Å². The second-order valence-electron chi connectivity index (χ2n) is 4.12. The largest absolute Gasteiger partial charge is 0.495 e. The highest BCUT2D eigenvalue weighted by atomic mass is 79.9. The molecule has 0 radical (unpaired) electrons. The number of amides is 1. The number of para-hydroxylation sites is 1. The zero-order valence-corrected chi connectivity index (χ0v) is 14.0. The van der Waals surface area contributed by atoms with Gasteiger partial charge in [-0.15, -0.1) is 0 Å². The van der Waals surface area contributed by atoms with E-state index in [1.54, 1.807) is 30.3 Å². The summed E-state index contributed by atoms with van der Waals surface area (Å²) in [7, 11) is 1.48. The van der Waals surface area contributed by atoms with Gasteiger partial charge in [0.1, 0.15) is 5.75 Å². The summed E-state index contributed by atoms with van der Waals surface area (Å²) in [5.74, 6) is 0.00757. The molecule has 0 aliphatic carbocycles. The predicted molar refractivity (Wildman–Crippen MR) is 89.5 cm³/mol. The first-order valence-electron chi connectivity index (χ1n) is 5.82. The van der Waals surface area contributed by atoms with E-state index in [4.69, 9.17) is 33.7 Å². The van der Waals surface area contributed by atoms with Gasteiger partial charge in [-0.2, -0.15) is 0 Å². The standard InChI is InChI=1S/C14H11BrCl2N2O2/c1-21-11-4-2-3-8(12(11)18)14(20)19-13-9(16)5-7(15)6-10(13)17/h2-6H,18H2,1H3,(H,19,20). The molecule has 0 fully saturated rings. The molecule has 0 saturated heterocycles. The number of ether oxygens (including phenoxy) is 1. The summed E-state index contributed by atoms with van der Waals surface area (Å²) in [5, 5.41) is 3.30. The van der Waals surface area contributed by atoms with Crippen LogP contribution in [0.1, 0.15) is 10.4 Å². The van der Waals surface area contributed by atoms with Crippen LogP contribution in [0, 0.1) is 0 Å². The van der Waals surface area contributed by atoms with Crippen LogP contribution in [0.3, 0.4) is 0 Å². The first-order chi connectivity index (χ1) is 9.93. The zero-order valence-electron chi connectivity index (χ0n) is 10.9. The Hall–Kier alpha value is -1.43. The smallest absolute Gasteiger partial charge is 0.257 e. The van der Waals surface area contributed by atoms with Crippen molar-refractivity contribution in [2.75, 3.05) is 18.2 Å². The van der Waals surface area contributed by atoms with Gasteiger partial charge in [-0.25, -0.2) is 0 Å². The van der Waals surface area contributed by atoms with Gasteiger partial charge < -0.3 is 15.8 Å². The average molecular weight is 390 g/mol. The van der Waals surface area contributed by atoms with Crippen LogP contribution < -0.4 is 15.8 Å². The third-order valence-electron chi connectivity index (χ3n) is 2.78. The molecule has 21 heavy (non-hydrogen) atoms. The van der Waals surface area contributed by atoms with Crippen LogP contribution in [0.5, 0.6) is 5.75 Å². The third kappa shape index (κ3) is 3.43. The Morgan fingerprint density at radius 3 is 2.48 bits per heavy atom. The van der Waals surface area contributed by atoms with Gasteiger partial charge in [0.15, 0.2) is 0 Å². The van der Waals surface area contributed by atoms with Crippen molar-refractivity contribution < 1.29 is 9.53 Å².